The Hall–Kier alpha value is -2.14. The third kappa shape index (κ3) is 3.93. The third-order valence-corrected chi connectivity index (χ3v) is 4.92. The molecule has 1 aromatic carbocycles. The van der Waals surface area contributed by atoms with Crippen LogP contribution in [-0.2, 0) is 6.42 Å². The van der Waals surface area contributed by atoms with E-state index in [1.165, 1.54) is 0 Å². The Morgan fingerprint density at radius 2 is 1.76 bits per heavy atom. The summed E-state index contributed by atoms with van der Waals surface area (Å²) in [6.07, 6.45) is 0.764. The highest BCUT2D eigenvalue weighted by molar-refractivity contribution is 5.74. The molecular formula is C20H30N4O. The van der Waals surface area contributed by atoms with E-state index in [2.05, 4.69) is 42.8 Å². The second-order valence-corrected chi connectivity index (χ2v) is 6.90. The van der Waals surface area contributed by atoms with Gasteiger partial charge in [-0.05, 0) is 46.0 Å². The number of benzene rings is 1. The molecule has 0 spiro atoms. The van der Waals surface area contributed by atoms with Crippen molar-refractivity contribution < 1.29 is 4.74 Å². The fourth-order valence-electron chi connectivity index (χ4n) is 3.41. The first-order valence-electron chi connectivity index (χ1n) is 8.85. The molecule has 1 heterocycles. The van der Waals surface area contributed by atoms with Gasteiger partial charge in [0.2, 0.25) is 0 Å². The first-order valence-corrected chi connectivity index (χ1v) is 8.85. The largest absolute Gasteiger partial charge is 0.496 e. The first-order chi connectivity index (χ1) is 11.9. The van der Waals surface area contributed by atoms with Crippen LogP contribution in [0.1, 0.15) is 39.0 Å². The van der Waals surface area contributed by atoms with E-state index in [-0.39, 0.29) is 5.54 Å². The Morgan fingerprint density at radius 1 is 1.12 bits per heavy atom. The number of para-hydroxylation sites is 1. The zero-order chi connectivity index (χ0) is 18.6. The fourth-order valence-corrected chi connectivity index (χ4v) is 3.41. The summed E-state index contributed by atoms with van der Waals surface area (Å²) in [7, 11) is 1.66. The van der Waals surface area contributed by atoms with Crippen LogP contribution in [0.4, 0.5) is 5.69 Å². The van der Waals surface area contributed by atoms with Gasteiger partial charge in [0.25, 0.3) is 0 Å². The van der Waals surface area contributed by atoms with Crippen LogP contribution in [0.15, 0.2) is 24.3 Å². The fraction of sp³-hybridized carbons (Fsp3) is 0.500. The molecule has 0 fully saturated rings. The summed E-state index contributed by atoms with van der Waals surface area (Å²) in [6.45, 7) is 12.8. The molecule has 136 valence electrons. The average molecular weight is 342 g/mol. The lowest BCUT2D eigenvalue weighted by Crippen LogP contribution is -2.45. The van der Waals surface area contributed by atoms with Gasteiger partial charge in [-0.2, -0.15) is 5.10 Å². The Labute approximate surface area is 151 Å². The molecule has 1 aromatic heterocycles. The van der Waals surface area contributed by atoms with Gasteiger partial charge in [-0.25, -0.2) is 0 Å². The van der Waals surface area contributed by atoms with Gasteiger partial charge >= 0.3 is 0 Å². The lowest BCUT2D eigenvalue weighted by atomic mass is 9.93. The summed E-state index contributed by atoms with van der Waals surface area (Å²) >= 11 is 0. The molecule has 0 unspecified atom stereocenters. The SMILES string of the molecule is CCN(CC)C(C)(C)Cc1nnc(-c2ccccc2OC)c(C)c1N. The topological polar surface area (TPSA) is 64.3 Å². The van der Waals surface area contributed by atoms with Gasteiger partial charge in [-0.15, -0.1) is 5.10 Å². The quantitative estimate of drug-likeness (QED) is 0.831. The van der Waals surface area contributed by atoms with Crippen LogP contribution in [0.25, 0.3) is 11.3 Å². The average Bonchev–Trinajstić information content (AvgIpc) is 2.60. The zero-order valence-corrected chi connectivity index (χ0v) is 16.3. The number of nitrogen functional groups attached to an aromatic ring is 1. The number of rotatable bonds is 7. The van der Waals surface area contributed by atoms with E-state index in [4.69, 9.17) is 10.5 Å². The van der Waals surface area contributed by atoms with Crippen molar-refractivity contribution in [3.8, 4) is 17.0 Å². The van der Waals surface area contributed by atoms with Crippen LogP contribution in [0.3, 0.4) is 0 Å². The monoisotopic (exact) mass is 342 g/mol. The maximum absolute atomic E-state index is 6.44. The molecule has 0 aliphatic carbocycles. The van der Waals surface area contributed by atoms with Crippen molar-refractivity contribution in [3.05, 3.63) is 35.5 Å². The lowest BCUT2D eigenvalue weighted by Gasteiger charge is -2.37. The normalized spacial score (nSPS) is 11.8. The van der Waals surface area contributed by atoms with E-state index >= 15 is 0 Å². The number of hydrogen-bond acceptors (Lipinski definition) is 5. The van der Waals surface area contributed by atoms with Crippen molar-refractivity contribution in [2.24, 2.45) is 0 Å². The highest BCUT2D eigenvalue weighted by Crippen LogP contribution is 2.33. The summed E-state index contributed by atoms with van der Waals surface area (Å²) in [5, 5.41) is 8.95. The smallest absolute Gasteiger partial charge is 0.128 e. The molecule has 5 heteroatoms. The standard InChI is InChI=1S/C20H30N4O/c1-7-24(8-2)20(4,5)13-16-18(21)14(3)19(23-22-16)15-11-9-10-12-17(15)25-6/h9-12H,7-8,13H2,1-6H3,(H2,21,23). The molecule has 2 aromatic rings. The van der Waals surface area contributed by atoms with Crippen LogP contribution in [0.2, 0.25) is 0 Å². The maximum atomic E-state index is 6.44. The predicted octanol–water partition coefficient (Wildman–Crippen LogP) is 3.71. The van der Waals surface area contributed by atoms with Gasteiger partial charge in [0.15, 0.2) is 0 Å². The van der Waals surface area contributed by atoms with Crippen LogP contribution >= 0.6 is 0 Å². The maximum Gasteiger partial charge on any atom is 0.128 e. The molecule has 0 amide bonds. The molecular weight excluding hydrogens is 312 g/mol. The second-order valence-electron chi connectivity index (χ2n) is 6.90. The minimum absolute atomic E-state index is 0.0231. The van der Waals surface area contributed by atoms with E-state index in [9.17, 15) is 0 Å². The van der Waals surface area contributed by atoms with Crippen molar-refractivity contribution in [2.45, 2.75) is 46.6 Å². The summed E-state index contributed by atoms with van der Waals surface area (Å²) in [6, 6.07) is 7.81. The highest BCUT2D eigenvalue weighted by atomic mass is 16.5. The lowest BCUT2D eigenvalue weighted by molar-refractivity contribution is 0.134. The molecule has 5 nitrogen and oxygen atoms in total. The molecule has 0 aliphatic rings. The Kier molecular flexibility index (Phi) is 6.01. The van der Waals surface area contributed by atoms with Crippen LogP contribution in [-0.4, -0.2) is 40.8 Å². The molecule has 0 radical (unpaired) electrons. The molecule has 2 N–H and O–H groups in total. The highest BCUT2D eigenvalue weighted by Gasteiger charge is 2.27. The number of anilines is 1. The minimum Gasteiger partial charge on any atom is -0.496 e. The Balaban J connectivity index is 2.41. The Morgan fingerprint density at radius 3 is 2.36 bits per heavy atom. The second kappa shape index (κ2) is 7.83. The van der Waals surface area contributed by atoms with E-state index in [1.54, 1.807) is 7.11 Å². The summed E-state index contributed by atoms with van der Waals surface area (Å²) in [5.74, 6) is 0.774. The van der Waals surface area contributed by atoms with Crippen LogP contribution < -0.4 is 10.5 Å². The number of ether oxygens (including phenoxy) is 1. The molecule has 0 saturated carbocycles. The van der Waals surface area contributed by atoms with Gasteiger partial charge < -0.3 is 10.5 Å². The Bertz CT molecular complexity index is 724. The zero-order valence-electron chi connectivity index (χ0n) is 16.3. The van der Waals surface area contributed by atoms with Gasteiger partial charge in [0.05, 0.1) is 18.5 Å². The predicted molar refractivity (Wildman–Crippen MR) is 104 cm³/mol. The first kappa shape index (κ1) is 19.2. The number of likely N-dealkylation sites (N-methyl/N-ethyl adjacent to an activating group) is 1. The van der Waals surface area contributed by atoms with E-state index in [0.29, 0.717) is 0 Å². The van der Waals surface area contributed by atoms with E-state index in [0.717, 1.165) is 53.5 Å². The van der Waals surface area contributed by atoms with Gasteiger partial charge in [0, 0.05) is 23.1 Å². The van der Waals surface area contributed by atoms with Gasteiger partial charge in [0.1, 0.15) is 11.4 Å². The number of nitrogens with zero attached hydrogens (tertiary/aromatic N) is 3. The van der Waals surface area contributed by atoms with Crippen molar-refractivity contribution in [1.29, 1.82) is 0 Å². The number of hydrogen-bond donors (Lipinski definition) is 1. The van der Waals surface area contributed by atoms with Gasteiger partial charge in [-0.1, -0.05) is 26.0 Å². The number of nitrogens with two attached hydrogens (primary N) is 1. The number of methoxy groups -OCH3 is 1. The summed E-state index contributed by atoms with van der Waals surface area (Å²) in [4.78, 5) is 2.41. The molecule has 0 aliphatic heterocycles. The van der Waals surface area contributed by atoms with Gasteiger partial charge in [-0.3, -0.25) is 4.90 Å². The van der Waals surface area contributed by atoms with Crippen molar-refractivity contribution in [3.63, 3.8) is 0 Å². The molecule has 0 saturated heterocycles. The molecule has 25 heavy (non-hydrogen) atoms. The number of aromatic nitrogens is 2. The van der Waals surface area contributed by atoms with Crippen molar-refractivity contribution in [2.75, 3.05) is 25.9 Å². The summed E-state index contributed by atoms with van der Waals surface area (Å²) < 4.78 is 5.45. The molecule has 0 bridgehead atoms. The van der Waals surface area contributed by atoms with Crippen molar-refractivity contribution in [1.82, 2.24) is 15.1 Å². The summed E-state index contributed by atoms with van der Waals surface area (Å²) in [5.41, 5.74) is 10.6. The van der Waals surface area contributed by atoms with Crippen LogP contribution in [0.5, 0.6) is 5.75 Å². The van der Waals surface area contributed by atoms with Crippen LogP contribution in [0, 0.1) is 6.92 Å². The molecule has 0 atom stereocenters. The van der Waals surface area contributed by atoms with E-state index in [1.807, 2.05) is 31.2 Å². The molecule has 2 rings (SSSR count). The van der Waals surface area contributed by atoms with Crippen molar-refractivity contribution >= 4 is 5.69 Å². The third-order valence-electron chi connectivity index (χ3n) is 4.92. The van der Waals surface area contributed by atoms with E-state index < -0.39 is 0 Å². The minimum atomic E-state index is -0.0231.